The van der Waals surface area contributed by atoms with Gasteiger partial charge in [0.25, 0.3) is 0 Å². The molecule has 7 saturated carbocycles. The Morgan fingerprint density at radius 1 is 0.472 bits per heavy atom. The minimum absolute atomic E-state index is 0. The number of hydrogen-bond donors (Lipinski definition) is 0. The van der Waals surface area contributed by atoms with Crippen LogP contribution in [0.1, 0.15) is 103 Å². The third-order valence-corrected chi connectivity index (χ3v) is 18.7. The zero-order valence-electron chi connectivity index (χ0n) is 24.0. The van der Waals surface area contributed by atoms with E-state index in [0.29, 0.717) is 0 Å². The van der Waals surface area contributed by atoms with Crippen molar-refractivity contribution in [3.63, 3.8) is 0 Å². The molecule has 7 aliphatic carbocycles. The van der Waals surface area contributed by atoms with Gasteiger partial charge < -0.3 is 14.9 Å². The Hall–Kier alpha value is 1.68. The van der Waals surface area contributed by atoms with E-state index in [4.69, 9.17) is 17.0 Å². The molecule has 0 radical (unpaired) electrons. The van der Waals surface area contributed by atoms with Gasteiger partial charge in [-0.1, -0.05) is 90.1 Å². The molecule has 0 aromatic carbocycles. The molecule has 0 nitrogen and oxygen atoms in total. The van der Waals surface area contributed by atoms with Crippen molar-refractivity contribution < 1.29 is 20.8 Å². The van der Waals surface area contributed by atoms with Gasteiger partial charge in [0.2, 0.25) is 0 Å². The van der Waals surface area contributed by atoms with Crippen LogP contribution < -0.4 is 0 Å². The Bertz CT molecular complexity index is 664. The molecular formula is C32H56Cl2SiZr. The molecule has 206 valence electrons. The Morgan fingerprint density at radius 2 is 0.806 bits per heavy atom. The fourth-order valence-electron chi connectivity index (χ4n) is 13.2. The second-order valence-corrected chi connectivity index (χ2v) is 23.3. The predicted molar refractivity (Wildman–Crippen MR) is 158 cm³/mol. The standard InChI is InChI=1S/C30H50Si.2CH3.2ClH.Zr/c1-31(2,29-23-13-5-3-11-21(23)22-12-4-6-14-24(22)29)30-25-15-7-9-19-17-18-20-10-8-16-26(30)28(20)27(19)25;;;;;/h19-30H,3-18H2,1-2H3;2*1H3;2*1H;/q;2*-1;;;+4/p-2. The maximum absolute atomic E-state index is 4.93. The Labute approximate surface area is 245 Å². The summed E-state index contributed by atoms with van der Waals surface area (Å²) >= 11 is -0.826. The number of fused-ring (bicyclic) bond motifs is 3. The van der Waals surface area contributed by atoms with Crippen LogP contribution >= 0.6 is 17.0 Å². The third-order valence-electron chi connectivity index (χ3n) is 13.5. The zero-order chi connectivity index (χ0) is 23.4. The summed E-state index contributed by atoms with van der Waals surface area (Å²) in [5.41, 5.74) is 2.44. The van der Waals surface area contributed by atoms with Gasteiger partial charge in [0.05, 0.1) is 8.07 Å². The Balaban J connectivity index is 0.000000582. The number of halogens is 2. The number of hydrogen-bond acceptors (Lipinski definition) is 0. The van der Waals surface area contributed by atoms with Crippen molar-refractivity contribution in [3.8, 4) is 0 Å². The molecule has 0 aromatic rings. The van der Waals surface area contributed by atoms with Crippen molar-refractivity contribution in [2.24, 2.45) is 59.2 Å². The first-order chi connectivity index (χ1) is 16.6. The van der Waals surface area contributed by atoms with E-state index in [2.05, 4.69) is 13.1 Å². The van der Waals surface area contributed by atoms with Gasteiger partial charge in [0.15, 0.2) is 0 Å². The van der Waals surface area contributed by atoms with Crippen LogP contribution in [0, 0.1) is 74.0 Å². The molecule has 7 rings (SSSR count). The Morgan fingerprint density at radius 3 is 1.22 bits per heavy atom. The second-order valence-electron chi connectivity index (χ2n) is 14.6. The van der Waals surface area contributed by atoms with Gasteiger partial charge in [-0.25, -0.2) is 0 Å². The molecule has 36 heavy (non-hydrogen) atoms. The molecule has 10 unspecified atom stereocenters. The molecule has 0 amide bonds. The van der Waals surface area contributed by atoms with E-state index in [1.165, 1.54) is 46.6 Å². The molecular weight excluding hydrogens is 575 g/mol. The van der Waals surface area contributed by atoms with E-state index in [0.717, 1.165) is 23.7 Å². The van der Waals surface area contributed by atoms with E-state index in [-0.39, 0.29) is 14.9 Å². The van der Waals surface area contributed by atoms with Crippen molar-refractivity contribution in [3.05, 3.63) is 14.9 Å². The summed E-state index contributed by atoms with van der Waals surface area (Å²) < 4.78 is 0. The van der Waals surface area contributed by atoms with Crippen molar-refractivity contribution in [2.75, 3.05) is 0 Å². The molecule has 0 saturated heterocycles. The first-order valence-electron chi connectivity index (χ1n) is 15.5. The third kappa shape index (κ3) is 5.00. The van der Waals surface area contributed by atoms with Gasteiger partial charge in [-0.15, -0.1) is 0 Å². The van der Waals surface area contributed by atoms with Crippen LogP contribution in [-0.2, 0) is 20.8 Å². The van der Waals surface area contributed by atoms with E-state index in [1.807, 2.05) is 0 Å². The quantitative estimate of drug-likeness (QED) is 0.210. The van der Waals surface area contributed by atoms with Gasteiger partial charge in [0.1, 0.15) is 0 Å². The summed E-state index contributed by atoms with van der Waals surface area (Å²) in [4.78, 5) is 0. The molecule has 0 spiro atoms. The normalized spacial score (nSPS) is 48.4. The molecule has 7 aliphatic rings. The van der Waals surface area contributed by atoms with Crippen LogP contribution in [-0.4, -0.2) is 8.07 Å². The zero-order valence-corrected chi connectivity index (χ0v) is 29.0. The van der Waals surface area contributed by atoms with Crippen LogP contribution in [0.4, 0.5) is 0 Å². The van der Waals surface area contributed by atoms with Crippen LogP contribution in [0.3, 0.4) is 0 Å². The number of rotatable bonds is 2. The first kappa shape index (κ1) is 30.6. The summed E-state index contributed by atoms with van der Waals surface area (Å²) in [7, 11) is 8.57. The summed E-state index contributed by atoms with van der Waals surface area (Å²) in [5.74, 6) is 11.7. The monoisotopic (exact) mass is 628 g/mol. The van der Waals surface area contributed by atoms with Crippen molar-refractivity contribution in [1.82, 2.24) is 0 Å². The molecule has 10 atom stereocenters. The topological polar surface area (TPSA) is 0 Å². The average Bonchev–Trinajstić information content (AvgIpc) is 3.38. The summed E-state index contributed by atoms with van der Waals surface area (Å²) in [6, 6.07) is 0. The second kappa shape index (κ2) is 12.7. The van der Waals surface area contributed by atoms with Crippen LogP contribution in [0.2, 0.25) is 24.2 Å². The molecule has 0 aliphatic heterocycles. The molecule has 0 heterocycles. The van der Waals surface area contributed by atoms with Gasteiger partial charge in [-0.3, -0.25) is 0 Å². The molecule has 0 aromatic heterocycles. The van der Waals surface area contributed by atoms with Gasteiger partial charge >= 0.3 is 37.9 Å². The maximum atomic E-state index is 4.93. The Kier molecular flexibility index (Phi) is 10.8. The van der Waals surface area contributed by atoms with Gasteiger partial charge in [0, 0.05) is 0 Å². The van der Waals surface area contributed by atoms with Gasteiger partial charge in [-0.2, -0.15) is 0 Å². The predicted octanol–water partition coefficient (Wildman–Crippen LogP) is 11.2. The fraction of sp³-hybridized carbons (Fsp3) is 0.938. The fourth-order valence-corrected chi connectivity index (χ4v) is 19.7. The minimum atomic E-state index is -1.30. The molecule has 0 bridgehead atoms. The van der Waals surface area contributed by atoms with Crippen molar-refractivity contribution in [1.29, 1.82) is 0 Å². The van der Waals surface area contributed by atoms with Crippen LogP contribution in [0.15, 0.2) is 0 Å². The summed E-state index contributed by atoms with van der Waals surface area (Å²) in [6.07, 6.45) is 25.8. The van der Waals surface area contributed by atoms with E-state index in [9.17, 15) is 0 Å². The van der Waals surface area contributed by atoms with Crippen LogP contribution in [0.5, 0.6) is 0 Å². The van der Waals surface area contributed by atoms with E-state index in [1.54, 1.807) is 103 Å². The molecule has 7 fully saturated rings. The summed E-state index contributed by atoms with van der Waals surface area (Å²) in [5, 5.41) is 0. The molecule has 4 heteroatoms. The van der Waals surface area contributed by atoms with E-state index >= 15 is 0 Å². The van der Waals surface area contributed by atoms with E-state index < -0.39 is 28.9 Å². The van der Waals surface area contributed by atoms with Crippen molar-refractivity contribution in [2.45, 2.75) is 127 Å². The average molecular weight is 631 g/mol. The first-order valence-corrected chi connectivity index (χ1v) is 25.0. The molecule has 0 N–H and O–H groups in total. The van der Waals surface area contributed by atoms with Crippen LogP contribution in [0.25, 0.3) is 0 Å². The summed E-state index contributed by atoms with van der Waals surface area (Å²) in [6.45, 7) is 6.02. The van der Waals surface area contributed by atoms with Crippen molar-refractivity contribution >= 4 is 25.1 Å². The van der Waals surface area contributed by atoms with Gasteiger partial charge in [-0.05, 0) is 95.9 Å². The SMILES string of the molecule is C[Si](C)(C1C2CCCCC2C2CCCCC21)C1C2CCCC3CCC4CCCC1C4C32.[CH3-].[CH3-].[Cl][Zr+2][Cl].